The summed E-state index contributed by atoms with van der Waals surface area (Å²) in [5.41, 5.74) is 7.52. The molecule has 0 atom stereocenters. The van der Waals surface area contributed by atoms with Gasteiger partial charge in [-0.2, -0.15) is 0 Å². The summed E-state index contributed by atoms with van der Waals surface area (Å²) in [7, 11) is 0. The highest BCUT2D eigenvalue weighted by molar-refractivity contribution is 6.39. The van der Waals surface area contributed by atoms with E-state index in [9.17, 15) is 0 Å². The minimum Gasteiger partial charge on any atom is -0.307 e. The molecule has 0 fully saturated rings. The molecule has 0 unspecified atom stereocenters. The van der Waals surface area contributed by atoms with Crippen molar-refractivity contribution in [2.75, 3.05) is 0 Å². The Labute approximate surface area is 251 Å². The van der Waals surface area contributed by atoms with Gasteiger partial charge in [-0.05, 0) is 62.6 Å². The lowest BCUT2D eigenvalue weighted by atomic mass is 9.97. The Balaban J connectivity index is 1.49. The fourth-order valence-electron chi connectivity index (χ4n) is 8.16. The van der Waals surface area contributed by atoms with E-state index < -0.39 is 0 Å². The summed E-state index contributed by atoms with van der Waals surface area (Å²) >= 11 is 0. The van der Waals surface area contributed by atoms with E-state index in [1.165, 1.54) is 97.9 Å². The van der Waals surface area contributed by atoms with Crippen molar-refractivity contribution in [2.24, 2.45) is 0 Å². The van der Waals surface area contributed by atoms with Gasteiger partial charge in [0.1, 0.15) is 0 Å². The summed E-state index contributed by atoms with van der Waals surface area (Å²) in [5.74, 6) is 0. The Morgan fingerprint density at radius 3 is 1.70 bits per heavy atom. The van der Waals surface area contributed by atoms with Crippen LogP contribution in [0.15, 0.2) is 146 Å². The first-order valence-electron chi connectivity index (χ1n) is 15.3. The summed E-state index contributed by atoms with van der Waals surface area (Å²) < 4.78 is 5.10. The second kappa shape index (κ2) is 7.94. The van der Waals surface area contributed by atoms with Crippen LogP contribution in [0, 0.1) is 0 Å². The van der Waals surface area contributed by atoms with Gasteiger partial charge in [0, 0.05) is 38.0 Å². The van der Waals surface area contributed by atoms with Gasteiger partial charge >= 0.3 is 0 Å². The predicted molar refractivity (Wildman–Crippen MR) is 188 cm³/mol. The number of aromatic nitrogens is 2. The van der Waals surface area contributed by atoms with Crippen LogP contribution in [0.3, 0.4) is 0 Å². The third-order valence-corrected chi connectivity index (χ3v) is 9.94. The SMILES string of the molecule is c1ccc2cc(-n3c4ccccc4c4c5ccccc5c5c6cccc7c8cc9ccccc9cc8n(c76)c5c43)ccc2c1. The molecule has 0 saturated heterocycles. The highest BCUT2D eigenvalue weighted by Crippen LogP contribution is 2.48. The summed E-state index contributed by atoms with van der Waals surface area (Å²) in [4.78, 5) is 0. The van der Waals surface area contributed by atoms with Crippen LogP contribution in [0.4, 0.5) is 0 Å². The molecule has 0 aliphatic heterocycles. The first-order valence-corrected chi connectivity index (χ1v) is 15.3. The number of rotatable bonds is 1. The van der Waals surface area contributed by atoms with Crippen molar-refractivity contribution in [2.45, 2.75) is 0 Å². The van der Waals surface area contributed by atoms with Gasteiger partial charge in [0.25, 0.3) is 0 Å². The average Bonchev–Trinajstić information content (AvgIpc) is 3.72. The van der Waals surface area contributed by atoms with Crippen molar-refractivity contribution in [1.29, 1.82) is 0 Å². The van der Waals surface area contributed by atoms with Crippen molar-refractivity contribution in [3.05, 3.63) is 146 Å². The molecule has 44 heavy (non-hydrogen) atoms. The Morgan fingerprint density at radius 1 is 0.318 bits per heavy atom. The largest absolute Gasteiger partial charge is 0.307 e. The number of hydrogen-bond acceptors (Lipinski definition) is 0. The van der Waals surface area contributed by atoms with Gasteiger partial charge in [0.05, 0.1) is 27.6 Å². The standard InChI is InChI=1S/C42H24N2/c1-2-11-26-22-29(21-20-25(26)10-1)43-36-19-8-7-16-33(36)38-30-14-5-6-15-31(30)39-34-18-9-17-32-35-23-27-12-3-4-13-28(27)24-37(35)44(40(32)34)42(39)41(38)43/h1-24H. The predicted octanol–water partition coefficient (Wildman–Crippen LogP) is 11.4. The minimum absolute atomic E-state index is 1.18. The van der Waals surface area contributed by atoms with E-state index in [0.717, 1.165) is 0 Å². The first kappa shape index (κ1) is 22.7. The molecule has 11 aromatic rings. The molecular formula is C42H24N2. The molecule has 0 bridgehead atoms. The van der Waals surface area contributed by atoms with Gasteiger partial charge in [-0.1, -0.05) is 115 Å². The van der Waals surface area contributed by atoms with Crippen LogP contribution in [-0.4, -0.2) is 8.97 Å². The van der Waals surface area contributed by atoms with Crippen molar-refractivity contribution < 1.29 is 0 Å². The molecule has 3 aromatic heterocycles. The topological polar surface area (TPSA) is 9.34 Å². The molecule has 0 saturated carbocycles. The molecule has 0 amide bonds. The fraction of sp³-hybridized carbons (Fsp3) is 0. The lowest BCUT2D eigenvalue weighted by Gasteiger charge is -2.12. The number of nitrogens with zero attached hydrogens (tertiary/aromatic N) is 2. The van der Waals surface area contributed by atoms with Crippen molar-refractivity contribution in [1.82, 2.24) is 8.97 Å². The number of fused-ring (bicyclic) bond motifs is 15. The van der Waals surface area contributed by atoms with Gasteiger partial charge in [-0.25, -0.2) is 0 Å². The van der Waals surface area contributed by atoms with E-state index in [1.807, 2.05) is 0 Å². The Bertz CT molecular complexity index is 2990. The highest BCUT2D eigenvalue weighted by Gasteiger charge is 2.25. The van der Waals surface area contributed by atoms with Gasteiger partial charge < -0.3 is 8.97 Å². The Hall–Kier alpha value is -5.86. The fourth-order valence-corrected chi connectivity index (χ4v) is 8.16. The lowest BCUT2D eigenvalue weighted by Crippen LogP contribution is -1.96. The number of para-hydroxylation sites is 2. The summed E-state index contributed by atoms with van der Waals surface area (Å²) in [5, 5.41) is 15.5. The molecule has 0 N–H and O–H groups in total. The van der Waals surface area contributed by atoms with Crippen LogP contribution in [0.25, 0.3) is 97.9 Å². The summed E-state index contributed by atoms with van der Waals surface area (Å²) in [6.07, 6.45) is 0. The van der Waals surface area contributed by atoms with E-state index in [0.29, 0.717) is 0 Å². The maximum Gasteiger partial charge on any atom is 0.0795 e. The number of benzene rings is 8. The van der Waals surface area contributed by atoms with Gasteiger partial charge in [0.15, 0.2) is 0 Å². The van der Waals surface area contributed by atoms with E-state index in [2.05, 4.69) is 155 Å². The molecule has 0 aliphatic carbocycles. The quantitative estimate of drug-likeness (QED) is 0.190. The molecule has 2 heteroatoms. The normalized spacial score (nSPS) is 12.5. The van der Waals surface area contributed by atoms with E-state index >= 15 is 0 Å². The second-order valence-corrected chi connectivity index (χ2v) is 12.1. The maximum absolute atomic E-state index is 2.58. The average molecular weight is 557 g/mol. The highest BCUT2D eigenvalue weighted by atomic mass is 15.0. The zero-order valence-electron chi connectivity index (χ0n) is 23.8. The van der Waals surface area contributed by atoms with Crippen LogP contribution in [-0.2, 0) is 0 Å². The maximum atomic E-state index is 2.58. The van der Waals surface area contributed by atoms with Crippen LogP contribution < -0.4 is 0 Å². The van der Waals surface area contributed by atoms with E-state index in [1.54, 1.807) is 0 Å². The van der Waals surface area contributed by atoms with Crippen LogP contribution in [0.5, 0.6) is 0 Å². The summed E-state index contributed by atoms with van der Waals surface area (Å²) in [6.45, 7) is 0. The molecule has 0 aliphatic rings. The third-order valence-electron chi connectivity index (χ3n) is 9.94. The van der Waals surface area contributed by atoms with Gasteiger partial charge in [0.2, 0.25) is 0 Å². The molecule has 2 nitrogen and oxygen atoms in total. The van der Waals surface area contributed by atoms with Gasteiger partial charge in [-0.15, -0.1) is 0 Å². The molecular weight excluding hydrogens is 532 g/mol. The first-order chi connectivity index (χ1) is 21.8. The Morgan fingerprint density at radius 2 is 0.909 bits per heavy atom. The summed E-state index contributed by atoms with van der Waals surface area (Å²) in [6, 6.07) is 53.9. The van der Waals surface area contributed by atoms with Crippen LogP contribution in [0.2, 0.25) is 0 Å². The Kier molecular flexibility index (Phi) is 4.10. The zero-order valence-corrected chi connectivity index (χ0v) is 23.8. The third kappa shape index (κ3) is 2.68. The van der Waals surface area contributed by atoms with E-state index in [-0.39, 0.29) is 0 Å². The minimum atomic E-state index is 1.18. The number of hydrogen-bond donors (Lipinski definition) is 0. The van der Waals surface area contributed by atoms with Crippen LogP contribution in [0.1, 0.15) is 0 Å². The van der Waals surface area contributed by atoms with Crippen molar-refractivity contribution in [3.63, 3.8) is 0 Å². The van der Waals surface area contributed by atoms with Crippen molar-refractivity contribution >= 4 is 92.2 Å². The smallest absolute Gasteiger partial charge is 0.0795 e. The molecule has 11 rings (SSSR count). The van der Waals surface area contributed by atoms with Crippen molar-refractivity contribution in [3.8, 4) is 5.69 Å². The molecule has 202 valence electrons. The van der Waals surface area contributed by atoms with Gasteiger partial charge in [-0.3, -0.25) is 0 Å². The lowest BCUT2D eigenvalue weighted by molar-refractivity contribution is 1.19. The van der Waals surface area contributed by atoms with Crippen LogP contribution >= 0.6 is 0 Å². The monoisotopic (exact) mass is 556 g/mol. The molecule has 8 aromatic carbocycles. The second-order valence-electron chi connectivity index (χ2n) is 12.1. The molecule has 0 radical (unpaired) electrons. The molecule has 3 heterocycles. The molecule has 0 spiro atoms. The van der Waals surface area contributed by atoms with E-state index in [4.69, 9.17) is 0 Å². The zero-order chi connectivity index (χ0) is 28.5.